The molecule has 0 radical (unpaired) electrons. The van der Waals surface area contributed by atoms with Gasteiger partial charge in [-0.05, 0) is 42.5 Å². The minimum Gasteiger partial charge on any atom is -0.478 e. The zero-order valence-corrected chi connectivity index (χ0v) is 13.5. The van der Waals surface area contributed by atoms with Gasteiger partial charge in [0, 0.05) is 0 Å². The first kappa shape index (κ1) is 18.2. The number of rotatable bonds is 4. The van der Waals surface area contributed by atoms with E-state index in [-0.39, 0.29) is 11.3 Å². The Morgan fingerprint density at radius 2 is 2.00 bits per heavy atom. The van der Waals surface area contributed by atoms with E-state index in [9.17, 15) is 22.8 Å². The molecule has 0 saturated heterocycles. The Balaban J connectivity index is 1.98. The predicted molar refractivity (Wildman–Crippen MR) is 90.2 cm³/mol. The number of hydrogen-bond donors (Lipinski definition) is 1. The van der Waals surface area contributed by atoms with Crippen LogP contribution in [0.25, 0.3) is 6.08 Å². The van der Waals surface area contributed by atoms with E-state index in [1.54, 1.807) is 12.1 Å². The second kappa shape index (κ2) is 6.94. The summed E-state index contributed by atoms with van der Waals surface area (Å²) in [5, 5.41) is 12.9. The van der Waals surface area contributed by atoms with Crippen molar-refractivity contribution in [3.8, 4) is 0 Å². The van der Waals surface area contributed by atoms with Crippen molar-refractivity contribution in [2.75, 3.05) is 5.01 Å². The van der Waals surface area contributed by atoms with E-state index in [0.717, 1.165) is 12.1 Å². The van der Waals surface area contributed by atoms with Gasteiger partial charge in [0.1, 0.15) is 5.76 Å². The molecule has 1 amide bonds. The maximum absolute atomic E-state index is 13.3. The number of alkyl halides is 3. The summed E-state index contributed by atoms with van der Waals surface area (Å²) in [6.07, 6.45) is 0.150. The molecule has 3 rings (SSSR count). The van der Waals surface area contributed by atoms with E-state index in [2.05, 4.69) is 5.10 Å². The van der Waals surface area contributed by atoms with Gasteiger partial charge in [0.25, 0.3) is 5.91 Å². The number of anilines is 1. The van der Waals surface area contributed by atoms with Crippen LogP contribution in [-0.2, 0) is 4.79 Å². The molecular weight excluding hydrogens is 365 g/mol. The Morgan fingerprint density at radius 3 is 2.63 bits per heavy atom. The Morgan fingerprint density at radius 1 is 1.22 bits per heavy atom. The highest BCUT2D eigenvalue weighted by atomic mass is 19.4. The second-order valence-electron chi connectivity index (χ2n) is 5.37. The molecule has 138 valence electrons. The summed E-state index contributed by atoms with van der Waals surface area (Å²) >= 11 is 0. The number of aromatic carboxylic acids is 1. The van der Waals surface area contributed by atoms with Gasteiger partial charge in [-0.1, -0.05) is 12.1 Å². The third kappa shape index (κ3) is 3.81. The number of benzene rings is 1. The second-order valence-corrected chi connectivity index (χ2v) is 5.37. The number of amides is 1. The first-order valence-corrected chi connectivity index (χ1v) is 7.53. The van der Waals surface area contributed by atoms with Crippen LogP contribution in [0.5, 0.6) is 0 Å². The molecule has 1 aliphatic heterocycles. The summed E-state index contributed by atoms with van der Waals surface area (Å²) < 4.78 is 44.9. The Hall–Kier alpha value is -3.62. The zero-order valence-electron chi connectivity index (χ0n) is 13.5. The molecule has 1 aromatic carbocycles. The molecule has 1 N–H and O–H groups in total. The Kier molecular flexibility index (Phi) is 4.68. The number of carboxylic acid groups (broad SMARTS) is 1. The first-order chi connectivity index (χ1) is 12.8. The molecule has 0 fully saturated rings. The molecule has 0 spiro atoms. The lowest BCUT2D eigenvalue weighted by Gasteiger charge is -2.11. The van der Waals surface area contributed by atoms with Crippen LogP contribution >= 0.6 is 0 Å². The number of furan rings is 1. The fourth-order valence-corrected chi connectivity index (χ4v) is 2.35. The molecule has 6 nitrogen and oxygen atoms in total. The molecule has 0 atom stereocenters. The van der Waals surface area contributed by atoms with Crippen molar-refractivity contribution in [2.24, 2.45) is 5.10 Å². The summed E-state index contributed by atoms with van der Waals surface area (Å²) in [5.74, 6) is -1.90. The van der Waals surface area contributed by atoms with Crippen LogP contribution in [0.4, 0.5) is 18.9 Å². The van der Waals surface area contributed by atoms with Crippen molar-refractivity contribution in [1.82, 2.24) is 0 Å². The molecule has 0 saturated carbocycles. The lowest BCUT2D eigenvalue weighted by atomic mass is 10.1. The van der Waals surface area contributed by atoms with Crippen molar-refractivity contribution in [3.63, 3.8) is 0 Å². The van der Waals surface area contributed by atoms with Crippen molar-refractivity contribution >= 4 is 29.4 Å². The highest BCUT2D eigenvalue weighted by Crippen LogP contribution is 2.32. The highest BCUT2D eigenvalue weighted by Gasteiger charge is 2.46. The summed E-state index contributed by atoms with van der Waals surface area (Å²) in [7, 11) is 0. The van der Waals surface area contributed by atoms with Gasteiger partial charge in [-0.3, -0.25) is 4.79 Å². The third-order valence-electron chi connectivity index (χ3n) is 3.55. The number of carboxylic acids is 1. The maximum atomic E-state index is 13.3. The van der Waals surface area contributed by atoms with Crippen LogP contribution in [-0.4, -0.2) is 28.9 Å². The summed E-state index contributed by atoms with van der Waals surface area (Å²) in [6.45, 7) is 0. The number of carbonyl (C=O) groups excluding carboxylic acids is 1. The van der Waals surface area contributed by atoms with E-state index in [4.69, 9.17) is 9.52 Å². The van der Waals surface area contributed by atoms with E-state index >= 15 is 0 Å². The molecule has 0 bridgehead atoms. The van der Waals surface area contributed by atoms with Gasteiger partial charge < -0.3 is 9.52 Å². The van der Waals surface area contributed by atoms with Gasteiger partial charge in [0.15, 0.2) is 5.71 Å². The standard InChI is InChI=1S/C18H11F3N2O4/c19-18(20,21)15-14(8-2-6-13-7-3-9-27-13)16(24)23(22-15)12-5-1-4-11(10-12)17(25)26/h1-10H,(H,25,26). The molecule has 9 heteroatoms. The predicted octanol–water partition coefficient (Wildman–Crippen LogP) is 3.88. The van der Waals surface area contributed by atoms with Crippen LogP contribution in [0.3, 0.4) is 0 Å². The molecule has 27 heavy (non-hydrogen) atoms. The first-order valence-electron chi connectivity index (χ1n) is 7.53. The minimum absolute atomic E-state index is 0.0833. The van der Waals surface area contributed by atoms with Crippen LogP contribution in [0.1, 0.15) is 16.1 Å². The lowest BCUT2D eigenvalue weighted by Crippen LogP contribution is -2.25. The molecule has 0 unspecified atom stereocenters. The van der Waals surface area contributed by atoms with Gasteiger partial charge in [0.2, 0.25) is 0 Å². The topological polar surface area (TPSA) is 83.1 Å². The normalized spacial score (nSPS) is 16.4. The van der Waals surface area contributed by atoms with Crippen molar-refractivity contribution in [3.05, 3.63) is 71.7 Å². The van der Waals surface area contributed by atoms with E-state index < -0.39 is 29.3 Å². The number of halogens is 3. The zero-order chi connectivity index (χ0) is 19.6. The van der Waals surface area contributed by atoms with Crippen molar-refractivity contribution in [2.45, 2.75) is 6.18 Å². The highest BCUT2D eigenvalue weighted by molar-refractivity contribution is 6.32. The van der Waals surface area contributed by atoms with Gasteiger partial charge in [-0.25, -0.2) is 4.79 Å². The van der Waals surface area contributed by atoms with Crippen LogP contribution in [0, 0.1) is 0 Å². The van der Waals surface area contributed by atoms with Crippen LogP contribution < -0.4 is 5.01 Å². The molecule has 0 aliphatic carbocycles. The average Bonchev–Trinajstić information content (AvgIpc) is 3.23. The Bertz CT molecular complexity index is 973. The van der Waals surface area contributed by atoms with Gasteiger partial charge in [-0.2, -0.15) is 23.3 Å². The van der Waals surface area contributed by atoms with Crippen LogP contribution in [0.2, 0.25) is 0 Å². The van der Waals surface area contributed by atoms with E-state index in [0.29, 0.717) is 10.8 Å². The number of hydrazone groups is 1. The lowest BCUT2D eigenvalue weighted by molar-refractivity contribution is -0.114. The molecule has 1 aromatic heterocycles. The fraction of sp³-hybridized carbons (Fsp3) is 0.0556. The van der Waals surface area contributed by atoms with Gasteiger partial charge in [-0.15, -0.1) is 0 Å². The number of carbonyl (C=O) groups is 2. The SMILES string of the molecule is O=C(O)c1cccc(N2N=C(C(F)(F)F)C(=CC=Cc3ccco3)C2=O)c1. The molecule has 1 aliphatic rings. The number of allylic oxidation sites excluding steroid dienone is 2. The van der Waals surface area contributed by atoms with Crippen LogP contribution in [0.15, 0.2) is 69.9 Å². The summed E-state index contributed by atoms with van der Waals surface area (Å²) in [5.41, 5.74) is -2.29. The van der Waals surface area contributed by atoms with Gasteiger partial charge in [0.05, 0.1) is 23.1 Å². The molecule has 2 heterocycles. The van der Waals surface area contributed by atoms with E-state index in [1.165, 1.54) is 36.6 Å². The maximum Gasteiger partial charge on any atom is 0.435 e. The number of nitrogens with zero attached hydrogens (tertiary/aromatic N) is 2. The molecule has 2 aromatic rings. The van der Waals surface area contributed by atoms with Crippen molar-refractivity contribution < 1.29 is 32.3 Å². The molecular formula is C18H11F3N2O4. The van der Waals surface area contributed by atoms with E-state index in [1.807, 2.05) is 0 Å². The minimum atomic E-state index is -4.86. The monoisotopic (exact) mass is 376 g/mol. The smallest absolute Gasteiger partial charge is 0.435 e. The fourth-order valence-electron chi connectivity index (χ4n) is 2.35. The quantitative estimate of drug-likeness (QED) is 0.821. The third-order valence-corrected chi connectivity index (χ3v) is 3.55. The number of hydrogen-bond acceptors (Lipinski definition) is 4. The largest absolute Gasteiger partial charge is 0.478 e. The van der Waals surface area contributed by atoms with Crippen molar-refractivity contribution in [1.29, 1.82) is 0 Å². The Labute approximate surface area is 150 Å². The van der Waals surface area contributed by atoms with Gasteiger partial charge >= 0.3 is 12.1 Å². The summed E-state index contributed by atoms with van der Waals surface area (Å²) in [4.78, 5) is 23.5. The average molecular weight is 376 g/mol. The summed E-state index contributed by atoms with van der Waals surface area (Å²) in [6, 6.07) is 8.13.